The fraction of sp³-hybridized carbons (Fsp3) is 0.333. The molecule has 0 fully saturated rings. The molecule has 150 valence electrons. The van der Waals surface area contributed by atoms with Crippen molar-refractivity contribution in [1.29, 1.82) is 0 Å². The van der Waals surface area contributed by atoms with Crippen LogP contribution in [0.15, 0.2) is 74.7 Å². The number of thioether (sulfide) groups is 1. The van der Waals surface area contributed by atoms with Crippen LogP contribution >= 0.6 is 11.8 Å². The number of benzene rings is 1. The predicted molar refractivity (Wildman–Crippen MR) is 124 cm³/mol. The average Bonchev–Trinajstić information content (AvgIpc) is 2.63. The normalized spacial score (nSPS) is 17.8. The zero-order valence-corrected chi connectivity index (χ0v) is 18.6. The molecule has 2 aromatic rings. The molecule has 0 radical (unpaired) electrons. The summed E-state index contributed by atoms with van der Waals surface area (Å²) in [5, 5.41) is 0.743. The topological polar surface area (TPSA) is 50.5 Å². The standard InChI is InChI=1S/C24H28N4S/c1-16(2)13-17(3)25-22-12-11-21(28-20-9-7-6-8-10-20)15-23(22)29-24-26-18(4)14-19(5)27-24/h6-12,14-17H,13H2,1-5H3. The molecule has 0 saturated heterocycles. The van der Waals surface area contributed by atoms with Gasteiger partial charge in [0, 0.05) is 22.3 Å². The molecule has 1 aliphatic carbocycles. The lowest BCUT2D eigenvalue weighted by atomic mass is 10.1. The summed E-state index contributed by atoms with van der Waals surface area (Å²) < 4.78 is 0. The molecule has 1 aliphatic rings. The maximum atomic E-state index is 4.97. The highest BCUT2D eigenvalue weighted by molar-refractivity contribution is 8.04. The lowest BCUT2D eigenvalue weighted by Gasteiger charge is -2.16. The van der Waals surface area contributed by atoms with Crippen LogP contribution in [0, 0.1) is 19.8 Å². The third-order valence-electron chi connectivity index (χ3n) is 4.29. The van der Waals surface area contributed by atoms with Crippen LogP contribution in [0.5, 0.6) is 0 Å². The Morgan fingerprint density at radius 1 is 0.966 bits per heavy atom. The molecule has 1 aromatic heterocycles. The summed E-state index contributed by atoms with van der Waals surface area (Å²) in [6.07, 6.45) is 7.23. The third-order valence-corrected chi connectivity index (χ3v) is 5.20. The minimum absolute atomic E-state index is 0.256. The van der Waals surface area contributed by atoms with Gasteiger partial charge in [-0.15, -0.1) is 0 Å². The Kier molecular flexibility index (Phi) is 7.15. The maximum Gasteiger partial charge on any atom is 0.192 e. The zero-order chi connectivity index (χ0) is 20.8. The van der Waals surface area contributed by atoms with Crippen LogP contribution in [0.4, 0.5) is 5.69 Å². The van der Waals surface area contributed by atoms with Gasteiger partial charge in [-0.1, -0.05) is 32.0 Å². The van der Waals surface area contributed by atoms with Crippen LogP contribution in [0.1, 0.15) is 38.6 Å². The van der Waals surface area contributed by atoms with Gasteiger partial charge in [-0.05, 0) is 81.3 Å². The van der Waals surface area contributed by atoms with E-state index in [1.54, 1.807) is 11.8 Å². The molecule has 0 saturated carbocycles. The number of para-hydroxylation sites is 1. The van der Waals surface area contributed by atoms with Gasteiger partial charge in [0.25, 0.3) is 0 Å². The molecule has 1 atom stereocenters. The van der Waals surface area contributed by atoms with Crippen LogP contribution in [0.25, 0.3) is 0 Å². The number of allylic oxidation sites excluding steroid dienone is 4. The molecule has 3 rings (SSSR count). The van der Waals surface area contributed by atoms with Crippen LogP contribution in [-0.2, 0) is 0 Å². The first-order chi connectivity index (χ1) is 13.9. The van der Waals surface area contributed by atoms with Crippen molar-refractivity contribution in [3.8, 4) is 0 Å². The second-order valence-corrected chi connectivity index (χ2v) is 8.75. The van der Waals surface area contributed by atoms with Crippen LogP contribution in [0.2, 0.25) is 0 Å². The Morgan fingerprint density at radius 3 is 2.31 bits per heavy atom. The van der Waals surface area contributed by atoms with E-state index in [1.807, 2.05) is 56.3 Å². The van der Waals surface area contributed by atoms with E-state index in [0.29, 0.717) is 5.92 Å². The number of rotatable bonds is 6. The van der Waals surface area contributed by atoms with E-state index < -0.39 is 0 Å². The highest BCUT2D eigenvalue weighted by Gasteiger charge is 2.16. The van der Waals surface area contributed by atoms with Gasteiger partial charge in [0.1, 0.15) is 0 Å². The van der Waals surface area contributed by atoms with Crippen LogP contribution < -0.4 is 0 Å². The quantitative estimate of drug-likeness (QED) is 0.420. The highest BCUT2D eigenvalue weighted by Crippen LogP contribution is 2.29. The van der Waals surface area contributed by atoms with Crippen molar-refractivity contribution in [2.75, 3.05) is 0 Å². The first kappa shape index (κ1) is 21.2. The Bertz CT molecular complexity index is 951. The molecule has 1 aromatic carbocycles. The van der Waals surface area contributed by atoms with Gasteiger partial charge in [0.2, 0.25) is 0 Å². The molecule has 4 nitrogen and oxygen atoms in total. The Balaban J connectivity index is 1.94. The van der Waals surface area contributed by atoms with Crippen molar-refractivity contribution >= 4 is 28.9 Å². The average molecular weight is 405 g/mol. The van der Waals surface area contributed by atoms with Crippen molar-refractivity contribution in [2.45, 2.75) is 52.2 Å². The van der Waals surface area contributed by atoms with Crippen LogP contribution in [0.3, 0.4) is 0 Å². The Morgan fingerprint density at radius 2 is 1.66 bits per heavy atom. The van der Waals surface area contributed by atoms with Crippen molar-refractivity contribution in [1.82, 2.24) is 9.97 Å². The molecule has 1 heterocycles. The molecule has 0 amide bonds. The highest BCUT2D eigenvalue weighted by atomic mass is 32.2. The summed E-state index contributed by atoms with van der Waals surface area (Å²) in [5.74, 6) is 0.611. The fourth-order valence-electron chi connectivity index (χ4n) is 3.22. The molecule has 0 spiro atoms. The van der Waals surface area contributed by atoms with E-state index in [2.05, 4.69) is 42.9 Å². The second-order valence-electron chi connectivity index (χ2n) is 7.74. The van der Waals surface area contributed by atoms with Gasteiger partial charge in [-0.3, -0.25) is 4.99 Å². The first-order valence-electron chi connectivity index (χ1n) is 10.0. The molecular formula is C24H28N4S. The van der Waals surface area contributed by atoms with Crippen molar-refractivity contribution in [3.05, 3.63) is 70.9 Å². The predicted octanol–water partition coefficient (Wildman–Crippen LogP) is 6.29. The number of aromatic nitrogens is 2. The second kappa shape index (κ2) is 9.79. The van der Waals surface area contributed by atoms with Crippen molar-refractivity contribution < 1.29 is 0 Å². The van der Waals surface area contributed by atoms with Crippen LogP contribution in [-0.4, -0.2) is 27.4 Å². The summed E-state index contributed by atoms with van der Waals surface area (Å²) in [6, 6.07) is 12.2. The number of nitrogens with zero attached hydrogens (tertiary/aromatic N) is 4. The molecular weight excluding hydrogens is 376 g/mol. The number of aryl methyl sites for hydroxylation is 2. The molecule has 0 N–H and O–H groups in total. The summed E-state index contributed by atoms with van der Waals surface area (Å²) in [6.45, 7) is 10.6. The molecule has 5 heteroatoms. The van der Waals surface area contributed by atoms with E-state index in [-0.39, 0.29) is 6.04 Å². The lowest BCUT2D eigenvalue weighted by Crippen LogP contribution is -2.12. The fourth-order valence-corrected chi connectivity index (χ4v) is 4.20. The molecule has 1 unspecified atom stereocenters. The summed E-state index contributed by atoms with van der Waals surface area (Å²) in [7, 11) is 0. The first-order valence-corrected chi connectivity index (χ1v) is 10.8. The number of hydrogen-bond donors (Lipinski definition) is 0. The van der Waals surface area contributed by atoms with Gasteiger partial charge in [0.05, 0.1) is 17.1 Å². The van der Waals surface area contributed by atoms with Gasteiger partial charge >= 0.3 is 0 Å². The van der Waals surface area contributed by atoms with E-state index in [1.165, 1.54) is 0 Å². The number of aliphatic imine (C=N–C) groups is 2. The maximum absolute atomic E-state index is 4.97. The van der Waals surface area contributed by atoms with Gasteiger partial charge < -0.3 is 0 Å². The van der Waals surface area contributed by atoms with Gasteiger partial charge in [0.15, 0.2) is 5.16 Å². The summed E-state index contributed by atoms with van der Waals surface area (Å²) >= 11 is 1.55. The smallest absolute Gasteiger partial charge is 0.192 e. The van der Waals surface area contributed by atoms with Gasteiger partial charge in [-0.2, -0.15) is 0 Å². The molecule has 0 aliphatic heterocycles. The minimum atomic E-state index is 0.256. The third kappa shape index (κ3) is 6.50. The Labute approximate surface area is 178 Å². The SMILES string of the molecule is Cc1cc(C)nc(SC2=CC(=Nc3ccccc3)C=CC2=NC(C)CC(C)C)n1. The largest absolute Gasteiger partial charge is 0.281 e. The lowest BCUT2D eigenvalue weighted by molar-refractivity contribution is 0.522. The van der Waals surface area contributed by atoms with E-state index in [0.717, 1.165) is 45.0 Å². The summed E-state index contributed by atoms with van der Waals surface area (Å²) in [4.78, 5) is 19.9. The van der Waals surface area contributed by atoms with E-state index >= 15 is 0 Å². The summed E-state index contributed by atoms with van der Waals surface area (Å²) in [5.41, 5.74) is 4.74. The molecule has 29 heavy (non-hydrogen) atoms. The molecule has 0 bridgehead atoms. The Hall–Kier alpha value is -2.53. The zero-order valence-electron chi connectivity index (χ0n) is 17.8. The van der Waals surface area contributed by atoms with E-state index in [9.17, 15) is 0 Å². The van der Waals surface area contributed by atoms with Gasteiger partial charge in [-0.25, -0.2) is 15.0 Å². The van der Waals surface area contributed by atoms with Crippen molar-refractivity contribution in [3.63, 3.8) is 0 Å². The van der Waals surface area contributed by atoms with Crippen molar-refractivity contribution in [2.24, 2.45) is 15.9 Å². The van der Waals surface area contributed by atoms with E-state index in [4.69, 9.17) is 9.98 Å². The monoisotopic (exact) mass is 404 g/mol. The number of hydrogen-bond acceptors (Lipinski definition) is 5. The minimum Gasteiger partial charge on any atom is -0.281 e.